The fourth-order valence-corrected chi connectivity index (χ4v) is 5.08. The molecule has 0 aromatic heterocycles. The lowest BCUT2D eigenvalue weighted by atomic mass is 9.75. The van der Waals surface area contributed by atoms with Crippen molar-refractivity contribution in [2.45, 2.75) is 30.6 Å². The Balaban J connectivity index is 1.59. The number of likely N-dealkylation sites (tertiary alicyclic amines) is 2. The molecule has 2 aliphatic rings. The van der Waals surface area contributed by atoms with Crippen LogP contribution in [0.15, 0.2) is 48.5 Å². The van der Waals surface area contributed by atoms with Crippen LogP contribution < -0.4 is 4.74 Å². The minimum atomic E-state index is -1.26. The maximum Gasteiger partial charge on any atom is 0.240 e. The van der Waals surface area contributed by atoms with Crippen molar-refractivity contribution in [3.63, 3.8) is 0 Å². The normalized spacial score (nSPS) is 22.4. The van der Waals surface area contributed by atoms with Gasteiger partial charge in [0.1, 0.15) is 11.6 Å². The second-order valence-electron chi connectivity index (χ2n) is 9.70. The van der Waals surface area contributed by atoms with Gasteiger partial charge < -0.3 is 14.5 Å². The first-order valence-corrected chi connectivity index (χ1v) is 11.9. The molecule has 2 atom stereocenters. The average Bonchev–Trinajstić information content (AvgIpc) is 3.42. The molecule has 2 heterocycles. The fourth-order valence-electron chi connectivity index (χ4n) is 5.08. The molecule has 4 rings (SSSR count). The van der Waals surface area contributed by atoms with E-state index in [1.54, 1.807) is 48.4 Å². The number of hydrogen-bond donors (Lipinski definition) is 0. The van der Waals surface area contributed by atoms with E-state index < -0.39 is 5.41 Å². The van der Waals surface area contributed by atoms with Crippen LogP contribution in [-0.4, -0.2) is 79.8 Å². The minimum Gasteiger partial charge on any atom is -0.497 e. The Morgan fingerprint density at radius 2 is 1.91 bits per heavy atom. The van der Waals surface area contributed by atoms with Gasteiger partial charge in [0.15, 0.2) is 0 Å². The molecule has 7 nitrogen and oxygen atoms in total. The number of rotatable bonds is 8. The maximum absolute atomic E-state index is 13.8. The topological polar surface area (TPSA) is 70.2 Å². The molecule has 0 radical (unpaired) electrons. The quantitative estimate of drug-likeness (QED) is 0.543. The molecule has 186 valence electrons. The summed E-state index contributed by atoms with van der Waals surface area (Å²) in [6.45, 7) is 1.89. The van der Waals surface area contributed by atoms with Crippen molar-refractivity contribution in [1.82, 2.24) is 14.7 Å². The summed E-state index contributed by atoms with van der Waals surface area (Å²) < 4.78 is 18.7. The van der Waals surface area contributed by atoms with E-state index in [0.29, 0.717) is 30.9 Å². The lowest BCUT2D eigenvalue weighted by Gasteiger charge is -2.29. The molecule has 0 aliphatic carbocycles. The maximum atomic E-state index is 13.8. The van der Waals surface area contributed by atoms with E-state index in [2.05, 4.69) is 0 Å². The molecule has 0 saturated carbocycles. The molecule has 2 saturated heterocycles. The van der Waals surface area contributed by atoms with E-state index >= 15 is 0 Å². The SMILES string of the molecule is COc1cccc([C@@]2(CC(=O)N3CC[C@@H](c4ccc(F)cc4)C3)CC(=O)N(CCN(C)C)C2=O)c1. The van der Waals surface area contributed by atoms with Crippen LogP contribution in [0.1, 0.15) is 36.3 Å². The molecular formula is C27H32FN3O4. The van der Waals surface area contributed by atoms with Gasteiger partial charge in [-0.15, -0.1) is 0 Å². The van der Waals surface area contributed by atoms with E-state index in [1.807, 2.05) is 19.0 Å². The van der Waals surface area contributed by atoms with Gasteiger partial charge >= 0.3 is 0 Å². The third kappa shape index (κ3) is 5.07. The fraction of sp³-hybridized carbons (Fsp3) is 0.444. The number of halogens is 1. The average molecular weight is 482 g/mol. The molecule has 0 unspecified atom stereocenters. The van der Waals surface area contributed by atoms with Crippen molar-refractivity contribution in [2.75, 3.05) is 47.4 Å². The van der Waals surface area contributed by atoms with Gasteiger partial charge in [-0.3, -0.25) is 19.3 Å². The third-order valence-corrected chi connectivity index (χ3v) is 7.14. The van der Waals surface area contributed by atoms with Gasteiger partial charge in [-0.25, -0.2) is 4.39 Å². The predicted molar refractivity (Wildman–Crippen MR) is 130 cm³/mol. The van der Waals surface area contributed by atoms with Crippen LogP contribution in [0.2, 0.25) is 0 Å². The number of methoxy groups -OCH3 is 1. The molecule has 0 spiro atoms. The van der Waals surface area contributed by atoms with Gasteiger partial charge in [0.25, 0.3) is 0 Å². The highest BCUT2D eigenvalue weighted by Gasteiger charge is 2.54. The molecule has 3 amide bonds. The Morgan fingerprint density at radius 3 is 2.60 bits per heavy atom. The highest BCUT2D eigenvalue weighted by atomic mass is 19.1. The number of carbonyl (C=O) groups excluding carboxylic acids is 3. The summed E-state index contributed by atoms with van der Waals surface area (Å²) >= 11 is 0. The van der Waals surface area contributed by atoms with Crippen LogP contribution in [-0.2, 0) is 19.8 Å². The molecule has 2 fully saturated rings. The van der Waals surface area contributed by atoms with E-state index in [-0.39, 0.29) is 48.8 Å². The lowest BCUT2D eigenvalue weighted by molar-refractivity contribution is -0.142. The van der Waals surface area contributed by atoms with Crippen molar-refractivity contribution in [2.24, 2.45) is 0 Å². The summed E-state index contributed by atoms with van der Waals surface area (Å²) in [6, 6.07) is 13.5. The second-order valence-corrected chi connectivity index (χ2v) is 9.70. The summed E-state index contributed by atoms with van der Waals surface area (Å²) in [7, 11) is 5.31. The Hall–Kier alpha value is -3.26. The number of likely N-dealkylation sites (N-methyl/N-ethyl adjacent to an activating group) is 1. The molecule has 8 heteroatoms. The van der Waals surface area contributed by atoms with Crippen molar-refractivity contribution in [3.05, 3.63) is 65.5 Å². The number of imide groups is 1. The Labute approximate surface area is 205 Å². The smallest absolute Gasteiger partial charge is 0.240 e. The summed E-state index contributed by atoms with van der Waals surface area (Å²) in [5.41, 5.74) is 0.347. The molecule has 2 aliphatic heterocycles. The minimum absolute atomic E-state index is 0.0482. The standard InChI is InChI=1S/C27H32FN3O4/c1-29(2)13-14-31-25(33)17-27(26(31)34,21-5-4-6-23(15-21)35-3)16-24(32)30-12-11-20(18-30)19-7-9-22(28)10-8-19/h4-10,15,20H,11-14,16-18H2,1-3H3/t20-,27-/m1/s1. The molecule has 0 bridgehead atoms. The van der Waals surface area contributed by atoms with Gasteiger partial charge in [-0.1, -0.05) is 24.3 Å². The zero-order valence-corrected chi connectivity index (χ0v) is 20.5. The first-order chi connectivity index (χ1) is 16.7. The number of benzene rings is 2. The van der Waals surface area contributed by atoms with E-state index in [0.717, 1.165) is 12.0 Å². The zero-order chi connectivity index (χ0) is 25.2. The van der Waals surface area contributed by atoms with Gasteiger partial charge in [0, 0.05) is 44.9 Å². The molecule has 35 heavy (non-hydrogen) atoms. The monoisotopic (exact) mass is 481 g/mol. The summed E-state index contributed by atoms with van der Waals surface area (Å²) in [6.07, 6.45) is 0.637. The van der Waals surface area contributed by atoms with Gasteiger partial charge in [-0.2, -0.15) is 0 Å². The molecule has 2 aromatic rings. The second kappa shape index (κ2) is 10.2. The van der Waals surface area contributed by atoms with Crippen LogP contribution in [0.4, 0.5) is 4.39 Å². The highest BCUT2D eigenvalue weighted by molar-refractivity contribution is 6.10. The molecule has 2 aromatic carbocycles. The van der Waals surface area contributed by atoms with Crippen LogP contribution >= 0.6 is 0 Å². The van der Waals surface area contributed by atoms with Crippen molar-refractivity contribution in [3.8, 4) is 5.75 Å². The highest BCUT2D eigenvalue weighted by Crippen LogP contribution is 2.42. The zero-order valence-electron chi connectivity index (χ0n) is 20.5. The van der Waals surface area contributed by atoms with E-state index in [1.165, 1.54) is 17.0 Å². The summed E-state index contributed by atoms with van der Waals surface area (Å²) in [5, 5.41) is 0. The van der Waals surface area contributed by atoms with Gasteiger partial charge in [-0.05, 0) is 55.9 Å². The lowest BCUT2D eigenvalue weighted by Crippen LogP contribution is -2.44. The van der Waals surface area contributed by atoms with Crippen molar-refractivity contribution in [1.29, 1.82) is 0 Å². The number of ether oxygens (including phenoxy) is 1. The first-order valence-electron chi connectivity index (χ1n) is 11.9. The number of amides is 3. The van der Waals surface area contributed by atoms with Gasteiger partial charge in [0.2, 0.25) is 17.7 Å². The Kier molecular flexibility index (Phi) is 7.21. The molecule has 0 N–H and O–H groups in total. The van der Waals surface area contributed by atoms with Crippen LogP contribution in [0.3, 0.4) is 0 Å². The van der Waals surface area contributed by atoms with Gasteiger partial charge in [0.05, 0.1) is 12.5 Å². The van der Waals surface area contributed by atoms with Crippen molar-refractivity contribution >= 4 is 17.7 Å². The number of carbonyl (C=O) groups is 3. The van der Waals surface area contributed by atoms with Crippen molar-refractivity contribution < 1.29 is 23.5 Å². The Bertz CT molecular complexity index is 1100. The Morgan fingerprint density at radius 1 is 1.17 bits per heavy atom. The molecular weight excluding hydrogens is 449 g/mol. The first kappa shape index (κ1) is 24.9. The van der Waals surface area contributed by atoms with Crippen LogP contribution in [0, 0.1) is 5.82 Å². The number of nitrogens with zero attached hydrogens (tertiary/aromatic N) is 3. The van der Waals surface area contributed by atoms with Crippen LogP contribution in [0.5, 0.6) is 5.75 Å². The van der Waals surface area contributed by atoms with E-state index in [4.69, 9.17) is 4.74 Å². The van der Waals surface area contributed by atoms with E-state index in [9.17, 15) is 18.8 Å². The van der Waals surface area contributed by atoms with Crippen LogP contribution in [0.25, 0.3) is 0 Å². The summed E-state index contributed by atoms with van der Waals surface area (Å²) in [5.74, 6) is -0.363. The summed E-state index contributed by atoms with van der Waals surface area (Å²) in [4.78, 5) is 45.3. The largest absolute Gasteiger partial charge is 0.497 e. The third-order valence-electron chi connectivity index (χ3n) is 7.14. The number of hydrogen-bond acceptors (Lipinski definition) is 5. The predicted octanol–water partition coefficient (Wildman–Crippen LogP) is 2.80.